The molecule has 1 saturated heterocycles. The lowest BCUT2D eigenvalue weighted by Crippen LogP contribution is -2.14. The van der Waals surface area contributed by atoms with Gasteiger partial charge in [-0.15, -0.1) is 0 Å². The first-order valence-corrected chi connectivity index (χ1v) is 7.27. The molecule has 1 aliphatic heterocycles. The molecule has 130 valence electrons. The Morgan fingerprint density at radius 1 is 1.30 bits per heavy atom. The average molecular weight is 328 g/mol. The lowest BCUT2D eigenvalue weighted by molar-refractivity contribution is -0.00912. The van der Waals surface area contributed by atoms with Gasteiger partial charge < -0.3 is 14.2 Å². The van der Waals surface area contributed by atoms with Crippen LogP contribution < -0.4 is 0 Å². The molecule has 7 nitrogen and oxygen atoms in total. The van der Waals surface area contributed by atoms with Crippen LogP contribution in [0.25, 0.3) is 5.65 Å². The molecule has 2 aromatic heterocycles. The van der Waals surface area contributed by atoms with Crippen molar-refractivity contribution in [1.82, 2.24) is 19.6 Å². The fraction of sp³-hybridized carbons (Fsp3) is 0.667. The third-order valence-electron chi connectivity index (χ3n) is 3.35. The number of halogens is 1. The summed E-state index contributed by atoms with van der Waals surface area (Å²) in [4.78, 5) is 8.26. The summed E-state index contributed by atoms with van der Waals surface area (Å²) in [6, 6.07) is 0. The monoisotopic (exact) mass is 328 g/mol. The normalized spacial score (nSPS) is 23.0. The van der Waals surface area contributed by atoms with Crippen molar-refractivity contribution in [3.63, 3.8) is 0 Å². The standard InChI is InChI=1S/C12H16N4O2.C2H6O.CH3F/c1-8-3-9(6-17-2)18-12(8)10-4-14-11-5-13-7-15-16(10)11;1-3-2;1-2/h4-5,7-9,12H,3,6H2,1-2H3;1-2H3;1H3/t8-,9-,12+;;/m0../s1. The molecule has 0 bridgehead atoms. The molecule has 0 unspecified atom stereocenters. The minimum Gasteiger partial charge on any atom is -0.388 e. The zero-order chi connectivity index (χ0) is 17.2. The molecule has 0 amide bonds. The van der Waals surface area contributed by atoms with Gasteiger partial charge >= 0.3 is 0 Å². The second-order valence-corrected chi connectivity index (χ2v) is 5.12. The summed E-state index contributed by atoms with van der Waals surface area (Å²) in [5.74, 6) is 0.431. The Labute approximate surface area is 135 Å². The molecule has 1 aliphatic rings. The predicted octanol–water partition coefficient (Wildman–Crippen LogP) is 2.09. The average Bonchev–Trinajstić information content (AvgIpc) is 3.14. The molecule has 2 aromatic rings. The number of fused-ring (bicyclic) bond motifs is 1. The first-order chi connectivity index (χ1) is 11.2. The number of alkyl halides is 1. The van der Waals surface area contributed by atoms with Crippen LogP contribution >= 0.6 is 0 Å². The minimum absolute atomic E-state index is 0.0232. The van der Waals surface area contributed by atoms with E-state index in [9.17, 15) is 4.39 Å². The highest BCUT2D eigenvalue weighted by molar-refractivity contribution is 5.35. The van der Waals surface area contributed by atoms with E-state index in [1.807, 2.05) is 6.20 Å². The van der Waals surface area contributed by atoms with Crippen molar-refractivity contribution in [3.05, 3.63) is 24.4 Å². The number of rotatable bonds is 3. The van der Waals surface area contributed by atoms with Gasteiger partial charge in [-0.2, -0.15) is 5.10 Å². The maximum Gasteiger partial charge on any atom is 0.172 e. The fourth-order valence-electron chi connectivity index (χ4n) is 2.55. The van der Waals surface area contributed by atoms with Crippen molar-refractivity contribution >= 4 is 5.65 Å². The molecule has 0 aliphatic carbocycles. The van der Waals surface area contributed by atoms with Crippen molar-refractivity contribution in [1.29, 1.82) is 0 Å². The Morgan fingerprint density at radius 2 is 2.00 bits per heavy atom. The van der Waals surface area contributed by atoms with E-state index in [-0.39, 0.29) is 12.2 Å². The molecule has 0 spiro atoms. The topological polar surface area (TPSA) is 70.8 Å². The van der Waals surface area contributed by atoms with Gasteiger partial charge in [-0.3, -0.25) is 4.39 Å². The van der Waals surface area contributed by atoms with Crippen molar-refractivity contribution in [2.24, 2.45) is 5.92 Å². The lowest BCUT2D eigenvalue weighted by atomic mass is 10.00. The number of ether oxygens (including phenoxy) is 3. The second kappa shape index (κ2) is 10.2. The Balaban J connectivity index is 0.000000477. The molecule has 23 heavy (non-hydrogen) atoms. The fourth-order valence-corrected chi connectivity index (χ4v) is 2.55. The van der Waals surface area contributed by atoms with Crippen molar-refractivity contribution in [2.75, 3.05) is 35.1 Å². The van der Waals surface area contributed by atoms with Gasteiger partial charge in [0.05, 0.1) is 38.0 Å². The van der Waals surface area contributed by atoms with Crippen molar-refractivity contribution < 1.29 is 18.6 Å². The smallest absolute Gasteiger partial charge is 0.172 e. The quantitative estimate of drug-likeness (QED) is 0.859. The molecule has 0 N–H and O–H groups in total. The van der Waals surface area contributed by atoms with Crippen LogP contribution in [0.2, 0.25) is 0 Å². The molecule has 0 radical (unpaired) electrons. The zero-order valence-corrected chi connectivity index (χ0v) is 14.3. The Hall–Kier alpha value is -1.64. The molecule has 0 saturated carbocycles. The van der Waals surface area contributed by atoms with E-state index < -0.39 is 0 Å². The Morgan fingerprint density at radius 3 is 2.65 bits per heavy atom. The largest absolute Gasteiger partial charge is 0.388 e. The summed E-state index contributed by atoms with van der Waals surface area (Å²) in [5, 5.41) is 4.22. The van der Waals surface area contributed by atoms with Crippen LogP contribution in [0.1, 0.15) is 25.1 Å². The molecule has 3 heterocycles. The maximum atomic E-state index is 9.50. The zero-order valence-electron chi connectivity index (χ0n) is 14.3. The van der Waals surface area contributed by atoms with Gasteiger partial charge in [0, 0.05) is 21.3 Å². The van der Waals surface area contributed by atoms with E-state index in [2.05, 4.69) is 26.7 Å². The SMILES string of the molecule is CF.COC.COC[C@@H]1C[C@H](C)[C@H](c2cnc3cncnn23)O1. The van der Waals surface area contributed by atoms with E-state index in [0.29, 0.717) is 19.7 Å². The lowest BCUT2D eigenvalue weighted by Gasteiger charge is -2.14. The van der Waals surface area contributed by atoms with E-state index in [1.165, 1.54) is 6.33 Å². The molecular weight excluding hydrogens is 303 g/mol. The second-order valence-electron chi connectivity index (χ2n) is 5.12. The van der Waals surface area contributed by atoms with Crippen LogP contribution in [-0.2, 0) is 14.2 Å². The van der Waals surface area contributed by atoms with Gasteiger partial charge in [-0.25, -0.2) is 14.5 Å². The highest BCUT2D eigenvalue weighted by atomic mass is 19.1. The number of hydrogen-bond acceptors (Lipinski definition) is 6. The van der Waals surface area contributed by atoms with Crippen LogP contribution in [0.15, 0.2) is 18.7 Å². The number of nitrogens with zero attached hydrogens (tertiary/aromatic N) is 4. The third-order valence-corrected chi connectivity index (χ3v) is 3.35. The maximum absolute atomic E-state index is 9.50. The van der Waals surface area contributed by atoms with E-state index in [1.54, 1.807) is 32.0 Å². The van der Waals surface area contributed by atoms with Gasteiger partial charge in [-0.1, -0.05) is 6.92 Å². The highest BCUT2D eigenvalue weighted by Gasteiger charge is 2.35. The van der Waals surface area contributed by atoms with Gasteiger partial charge in [0.15, 0.2) is 5.65 Å². The predicted molar refractivity (Wildman–Crippen MR) is 84.0 cm³/mol. The van der Waals surface area contributed by atoms with E-state index in [4.69, 9.17) is 9.47 Å². The minimum atomic E-state index is 0.0232. The summed E-state index contributed by atoms with van der Waals surface area (Å²) < 4.78 is 26.7. The van der Waals surface area contributed by atoms with Crippen molar-refractivity contribution in [2.45, 2.75) is 25.6 Å². The van der Waals surface area contributed by atoms with Gasteiger partial charge in [0.1, 0.15) is 12.4 Å². The number of methoxy groups -OCH3 is 2. The molecule has 8 heteroatoms. The molecule has 3 rings (SSSR count). The van der Waals surface area contributed by atoms with Crippen LogP contribution in [0.3, 0.4) is 0 Å². The third kappa shape index (κ3) is 4.92. The Kier molecular flexibility index (Phi) is 8.60. The van der Waals surface area contributed by atoms with E-state index in [0.717, 1.165) is 17.8 Å². The van der Waals surface area contributed by atoms with Gasteiger partial charge in [0.2, 0.25) is 0 Å². The molecule has 1 fully saturated rings. The summed E-state index contributed by atoms with van der Waals surface area (Å²) in [5.41, 5.74) is 1.73. The summed E-state index contributed by atoms with van der Waals surface area (Å²) in [7, 11) is 5.45. The molecule has 0 aromatic carbocycles. The van der Waals surface area contributed by atoms with Crippen molar-refractivity contribution in [3.8, 4) is 0 Å². The molecule has 3 atom stereocenters. The van der Waals surface area contributed by atoms with Crippen LogP contribution in [0.5, 0.6) is 0 Å². The van der Waals surface area contributed by atoms with E-state index >= 15 is 0 Å². The van der Waals surface area contributed by atoms with Gasteiger partial charge in [-0.05, 0) is 12.3 Å². The number of hydrogen-bond donors (Lipinski definition) is 0. The molecular formula is C15H25FN4O3. The number of imidazole rings is 1. The number of aromatic nitrogens is 4. The Bertz CT molecular complexity index is 566. The van der Waals surface area contributed by atoms with Crippen LogP contribution in [0.4, 0.5) is 4.39 Å². The summed E-state index contributed by atoms with van der Waals surface area (Å²) >= 11 is 0. The highest BCUT2D eigenvalue weighted by Crippen LogP contribution is 2.37. The summed E-state index contributed by atoms with van der Waals surface area (Å²) in [6.45, 7) is 2.81. The summed E-state index contributed by atoms with van der Waals surface area (Å²) in [6.07, 6.45) is 6.21. The van der Waals surface area contributed by atoms with Gasteiger partial charge in [0.25, 0.3) is 0 Å². The first-order valence-electron chi connectivity index (χ1n) is 7.27. The van der Waals surface area contributed by atoms with Crippen LogP contribution in [-0.4, -0.2) is 60.8 Å². The van der Waals surface area contributed by atoms with Crippen LogP contribution in [0, 0.1) is 5.92 Å². The first kappa shape index (κ1) is 19.4.